The zero-order chi connectivity index (χ0) is 47.9. The third-order valence-corrected chi connectivity index (χ3v) is 12.3. The van der Waals surface area contributed by atoms with Gasteiger partial charge in [0, 0.05) is 19.3 Å². The Bertz CT molecular complexity index is 1200. The summed E-state index contributed by atoms with van der Waals surface area (Å²) in [6, 6.07) is 0. The molecule has 0 spiro atoms. The number of hydrogen-bond donors (Lipinski definition) is 0. The van der Waals surface area contributed by atoms with E-state index in [9.17, 15) is 14.4 Å². The predicted octanol–water partition coefficient (Wildman–Crippen LogP) is 18.8. The first-order valence-corrected chi connectivity index (χ1v) is 28.3. The Morgan fingerprint density at radius 3 is 0.924 bits per heavy atom. The summed E-state index contributed by atoms with van der Waals surface area (Å²) >= 11 is 0. The van der Waals surface area contributed by atoms with Crippen molar-refractivity contribution >= 4 is 17.9 Å². The summed E-state index contributed by atoms with van der Waals surface area (Å²) in [5.74, 6) is -0.874. The molecule has 0 aromatic carbocycles. The molecule has 66 heavy (non-hydrogen) atoms. The molecule has 0 N–H and O–H groups in total. The Balaban J connectivity index is 4.09. The molecule has 0 saturated heterocycles. The van der Waals surface area contributed by atoms with E-state index in [1.165, 1.54) is 154 Å². The van der Waals surface area contributed by atoms with Crippen molar-refractivity contribution in [2.45, 2.75) is 290 Å². The molecule has 0 saturated carbocycles. The van der Waals surface area contributed by atoms with E-state index in [4.69, 9.17) is 14.2 Å². The summed E-state index contributed by atoms with van der Waals surface area (Å²) in [5, 5.41) is 0. The van der Waals surface area contributed by atoms with Crippen LogP contribution in [0.25, 0.3) is 0 Å². The molecular weight excluding hydrogens is 817 g/mol. The van der Waals surface area contributed by atoms with E-state index in [0.717, 1.165) is 89.9 Å². The van der Waals surface area contributed by atoms with E-state index in [1.807, 2.05) is 0 Å². The number of hydrogen-bond acceptors (Lipinski definition) is 6. The molecule has 0 bridgehead atoms. The third kappa shape index (κ3) is 52.1. The van der Waals surface area contributed by atoms with Crippen molar-refractivity contribution in [2.24, 2.45) is 0 Å². The number of ether oxygens (including phenoxy) is 3. The maximum absolute atomic E-state index is 12.8. The lowest BCUT2D eigenvalue weighted by Gasteiger charge is -2.18. The van der Waals surface area contributed by atoms with Crippen LogP contribution in [0.15, 0.2) is 60.8 Å². The standard InChI is InChI=1S/C60H106O6/c1-4-7-10-13-16-18-20-22-24-25-26-27-28-29-30-31-32-33-34-35-37-38-40-42-44-47-50-53-59(62)65-56-57(55-64-58(61)52-49-46-15-12-9-6-3)66-60(63)54-51-48-45-43-41-39-36-23-21-19-17-14-11-8-5-2/h7,10,16,18,22,24,26-27,29-30,57H,4-6,8-9,11-15,17,19-21,23,25,28,31-56H2,1-3H3/b10-7-,18-16-,24-22-,27-26-,30-29-. The minimum absolute atomic E-state index is 0.0718. The van der Waals surface area contributed by atoms with E-state index >= 15 is 0 Å². The van der Waals surface area contributed by atoms with Crippen molar-refractivity contribution in [3.63, 3.8) is 0 Å². The van der Waals surface area contributed by atoms with Crippen molar-refractivity contribution in [3.8, 4) is 0 Å². The molecule has 0 aromatic heterocycles. The van der Waals surface area contributed by atoms with Gasteiger partial charge in [0.15, 0.2) is 6.10 Å². The molecule has 0 amide bonds. The minimum Gasteiger partial charge on any atom is -0.462 e. The predicted molar refractivity (Wildman–Crippen MR) is 284 cm³/mol. The Morgan fingerprint density at radius 1 is 0.318 bits per heavy atom. The van der Waals surface area contributed by atoms with Crippen LogP contribution in [0.3, 0.4) is 0 Å². The van der Waals surface area contributed by atoms with Crippen molar-refractivity contribution in [2.75, 3.05) is 13.2 Å². The van der Waals surface area contributed by atoms with E-state index < -0.39 is 6.10 Å². The summed E-state index contributed by atoms with van der Waals surface area (Å²) in [6.45, 7) is 6.49. The topological polar surface area (TPSA) is 78.9 Å². The van der Waals surface area contributed by atoms with Gasteiger partial charge in [-0.05, 0) is 64.2 Å². The highest BCUT2D eigenvalue weighted by Crippen LogP contribution is 2.16. The van der Waals surface area contributed by atoms with Gasteiger partial charge in [-0.3, -0.25) is 14.4 Å². The van der Waals surface area contributed by atoms with Gasteiger partial charge in [-0.15, -0.1) is 0 Å². The molecule has 0 aromatic rings. The van der Waals surface area contributed by atoms with Crippen LogP contribution in [0.1, 0.15) is 284 Å². The first-order valence-electron chi connectivity index (χ1n) is 28.3. The van der Waals surface area contributed by atoms with Crippen molar-refractivity contribution in [1.82, 2.24) is 0 Å². The van der Waals surface area contributed by atoms with Crippen LogP contribution in [0.2, 0.25) is 0 Å². The average Bonchev–Trinajstić information content (AvgIpc) is 3.31. The Hall–Kier alpha value is -2.89. The second-order valence-corrected chi connectivity index (χ2v) is 18.8. The van der Waals surface area contributed by atoms with Crippen LogP contribution in [0.4, 0.5) is 0 Å². The van der Waals surface area contributed by atoms with Crippen molar-refractivity contribution in [3.05, 3.63) is 60.8 Å². The summed E-state index contributed by atoms with van der Waals surface area (Å²) in [6.07, 6.45) is 68.1. The lowest BCUT2D eigenvalue weighted by molar-refractivity contribution is -0.167. The molecule has 0 aliphatic rings. The first-order chi connectivity index (χ1) is 32.5. The van der Waals surface area contributed by atoms with E-state index in [0.29, 0.717) is 19.3 Å². The summed E-state index contributed by atoms with van der Waals surface area (Å²) in [5.41, 5.74) is 0. The molecular formula is C60H106O6. The Labute approximate surface area is 409 Å². The summed E-state index contributed by atoms with van der Waals surface area (Å²) < 4.78 is 16.7. The molecule has 6 heteroatoms. The van der Waals surface area contributed by atoms with Gasteiger partial charge >= 0.3 is 17.9 Å². The third-order valence-electron chi connectivity index (χ3n) is 12.3. The number of esters is 3. The maximum atomic E-state index is 12.8. The Morgan fingerprint density at radius 2 is 0.591 bits per heavy atom. The summed E-state index contributed by atoms with van der Waals surface area (Å²) in [7, 11) is 0. The van der Waals surface area contributed by atoms with Crippen molar-refractivity contribution < 1.29 is 28.6 Å². The first kappa shape index (κ1) is 63.1. The van der Waals surface area contributed by atoms with Crippen molar-refractivity contribution in [1.29, 1.82) is 0 Å². The Kier molecular flexibility index (Phi) is 52.3. The van der Waals surface area contributed by atoms with Crippen LogP contribution in [-0.4, -0.2) is 37.2 Å². The SMILES string of the molecule is CC/C=C\C/C=C\C/C=C\C/C=C\C/C=C\CCCCCCCCCCCCCC(=O)OCC(COC(=O)CCCCCCCC)OC(=O)CCCCCCCCCCCCCCCCC. The second kappa shape index (κ2) is 54.7. The normalized spacial score (nSPS) is 12.5. The molecule has 0 rings (SSSR count). The fourth-order valence-electron chi connectivity index (χ4n) is 8.06. The lowest BCUT2D eigenvalue weighted by atomic mass is 10.0. The minimum atomic E-state index is -0.768. The monoisotopic (exact) mass is 923 g/mol. The average molecular weight is 924 g/mol. The lowest BCUT2D eigenvalue weighted by Crippen LogP contribution is -2.30. The number of carbonyl (C=O) groups excluding carboxylic acids is 3. The largest absolute Gasteiger partial charge is 0.462 e. The number of carbonyl (C=O) groups is 3. The van der Waals surface area contributed by atoms with Gasteiger partial charge in [0.1, 0.15) is 13.2 Å². The zero-order valence-electron chi connectivity index (χ0n) is 43.7. The summed E-state index contributed by atoms with van der Waals surface area (Å²) in [4.78, 5) is 37.8. The number of allylic oxidation sites excluding steroid dienone is 10. The van der Waals surface area contributed by atoms with Crippen LogP contribution in [-0.2, 0) is 28.6 Å². The van der Waals surface area contributed by atoms with Gasteiger partial charge in [-0.2, -0.15) is 0 Å². The van der Waals surface area contributed by atoms with Gasteiger partial charge in [-0.25, -0.2) is 0 Å². The molecule has 1 unspecified atom stereocenters. The fraction of sp³-hybridized carbons (Fsp3) is 0.783. The fourth-order valence-corrected chi connectivity index (χ4v) is 8.06. The van der Waals surface area contributed by atoms with Crippen LogP contribution < -0.4 is 0 Å². The number of unbranched alkanes of at least 4 members (excludes halogenated alkanes) is 30. The molecule has 0 fully saturated rings. The second-order valence-electron chi connectivity index (χ2n) is 18.8. The van der Waals surface area contributed by atoms with E-state index in [2.05, 4.69) is 81.5 Å². The molecule has 0 aliphatic heterocycles. The molecule has 6 nitrogen and oxygen atoms in total. The quantitative estimate of drug-likeness (QED) is 0.0262. The van der Waals surface area contributed by atoms with Gasteiger partial charge in [0.25, 0.3) is 0 Å². The molecule has 0 aliphatic carbocycles. The van der Waals surface area contributed by atoms with Crippen LogP contribution in [0.5, 0.6) is 0 Å². The smallest absolute Gasteiger partial charge is 0.306 e. The van der Waals surface area contributed by atoms with E-state index in [1.54, 1.807) is 0 Å². The molecule has 382 valence electrons. The zero-order valence-corrected chi connectivity index (χ0v) is 43.7. The van der Waals surface area contributed by atoms with Gasteiger partial charge in [-0.1, -0.05) is 261 Å². The maximum Gasteiger partial charge on any atom is 0.306 e. The van der Waals surface area contributed by atoms with Crippen LogP contribution >= 0.6 is 0 Å². The molecule has 0 radical (unpaired) electrons. The highest BCUT2D eigenvalue weighted by Gasteiger charge is 2.19. The van der Waals surface area contributed by atoms with Gasteiger partial charge in [0.2, 0.25) is 0 Å². The highest BCUT2D eigenvalue weighted by atomic mass is 16.6. The molecule has 1 atom stereocenters. The highest BCUT2D eigenvalue weighted by molar-refractivity contribution is 5.71. The molecule has 0 heterocycles. The number of rotatable bonds is 51. The van der Waals surface area contributed by atoms with Crippen LogP contribution in [0, 0.1) is 0 Å². The van der Waals surface area contributed by atoms with E-state index in [-0.39, 0.29) is 31.1 Å². The van der Waals surface area contributed by atoms with Gasteiger partial charge in [0.05, 0.1) is 0 Å². The van der Waals surface area contributed by atoms with Gasteiger partial charge < -0.3 is 14.2 Å².